The van der Waals surface area contributed by atoms with Crippen molar-refractivity contribution in [2.75, 3.05) is 6.61 Å². The van der Waals surface area contributed by atoms with Gasteiger partial charge >= 0.3 is 5.97 Å². The van der Waals surface area contributed by atoms with Crippen molar-refractivity contribution >= 4 is 88.4 Å². The van der Waals surface area contributed by atoms with E-state index in [4.69, 9.17) is 9.84 Å². The Bertz CT molecular complexity index is 983. The minimum Gasteiger partial charge on any atom is -0.480 e. The van der Waals surface area contributed by atoms with Gasteiger partial charge in [-0.05, 0) is 91.7 Å². The maximum absolute atomic E-state index is 12.2. The number of carbonyl (C=O) groups is 2. The third-order valence-corrected chi connectivity index (χ3v) is 5.98. The lowest BCUT2D eigenvalue weighted by Gasteiger charge is -2.09. The van der Waals surface area contributed by atoms with E-state index in [0.717, 1.165) is 15.7 Å². The highest BCUT2D eigenvalue weighted by molar-refractivity contribution is 9.11. The van der Waals surface area contributed by atoms with Crippen LogP contribution in [0.1, 0.15) is 5.56 Å². The molecule has 0 radical (unpaired) electrons. The molecule has 2 aromatic rings. The van der Waals surface area contributed by atoms with Gasteiger partial charge in [-0.1, -0.05) is 15.9 Å². The minimum absolute atomic E-state index is 0.237. The Balaban J connectivity index is 1.80. The van der Waals surface area contributed by atoms with Gasteiger partial charge in [-0.15, -0.1) is 0 Å². The predicted octanol–water partition coefficient (Wildman–Crippen LogP) is 5.33. The number of benzene rings is 2. The normalized spacial score (nSPS) is 16.5. The highest BCUT2D eigenvalue weighted by atomic mass is 79.9. The van der Waals surface area contributed by atoms with Gasteiger partial charge in [0.15, 0.2) is 11.8 Å². The molecule has 144 valence electrons. The van der Waals surface area contributed by atoms with Gasteiger partial charge in [-0.2, -0.15) is 0 Å². The van der Waals surface area contributed by atoms with Gasteiger partial charge in [0.2, 0.25) is 0 Å². The molecule has 0 bridgehead atoms. The number of nitrogens with zero attached hydrogens (tertiary/aromatic N) is 1. The zero-order chi connectivity index (χ0) is 20.3. The fourth-order valence-electron chi connectivity index (χ4n) is 2.20. The topological polar surface area (TPSA) is 88.0 Å². The van der Waals surface area contributed by atoms with Crippen molar-refractivity contribution < 1.29 is 19.4 Å². The number of rotatable bonds is 5. The molecule has 6 nitrogen and oxygen atoms in total. The van der Waals surface area contributed by atoms with Crippen molar-refractivity contribution in [2.24, 2.45) is 4.99 Å². The highest BCUT2D eigenvalue weighted by Crippen LogP contribution is 2.36. The molecular weight excluding hydrogens is 580 g/mol. The van der Waals surface area contributed by atoms with Crippen LogP contribution in [0.4, 0.5) is 5.69 Å². The first-order valence-electron chi connectivity index (χ1n) is 7.70. The molecule has 0 aromatic heterocycles. The second kappa shape index (κ2) is 9.25. The molecule has 1 aliphatic heterocycles. The number of thioether (sulfide) groups is 1. The summed E-state index contributed by atoms with van der Waals surface area (Å²) in [6.45, 7) is -0.453. The zero-order valence-electron chi connectivity index (χ0n) is 13.9. The van der Waals surface area contributed by atoms with Crippen LogP contribution in [0, 0.1) is 0 Å². The highest BCUT2D eigenvalue weighted by Gasteiger charge is 2.24. The van der Waals surface area contributed by atoms with Crippen LogP contribution in [0.15, 0.2) is 59.7 Å². The number of hydrogen-bond donors (Lipinski definition) is 2. The molecule has 1 saturated heterocycles. The van der Waals surface area contributed by atoms with Crippen molar-refractivity contribution in [3.8, 4) is 5.75 Å². The molecule has 1 heterocycles. The average Bonchev–Trinajstić information content (AvgIpc) is 2.95. The third kappa shape index (κ3) is 5.47. The Hall–Kier alpha value is -1.62. The van der Waals surface area contributed by atoms with Crippen LogP contribution in [0.5, 0.6) is 5.75 Å². The molecule has 0 unspecified atom stereocenters. The molecule has 1 fully saturated rings. The standard InChI is InChI=1S/C18H11Br3N2O4S/c19-10-1-3-11(4-2-10)22-18-23-17(26)14(28-18)7-9-5-12(20)16(13(21)6-9)27-8-15(24)25/h1-7H,8H2,(H,24,25)(H,22,23,26)/b14-7+. The number of carboxylic acids is 1. The van der Waals surface area contributed by atoms with Gasteiger partial charge in [0, 0.05) is 4.47 Å². The first-order chi connectivity index (χ1) is 13.3. The van der Waals surface area contributed by atoms with E-state index in [1.165, 1.54) is 11.8 Å². The third-order valence-electron chi connectivity index (χ3n) is 3.37. The number of aliphatic carboxylic acids is 1. The summed E-state index contributed by atoms with van der Waals surface area (Å²) in [4.78, 5) is 27.8. The van der Waals surface area contributed by atoms with Crippen molar-refractivity contribution in [3.05, 3.63) is 60.3 Å². The van der Waals surface area contributed by atoms with Gasteiger partial charge in [-0.25, -0.2) is 9.79 Å². The van der Waals surface area contributed by atoms with Crippen LogP contribution in [0.2, 0.25) is 0 Å². The fourth-order valence-corrected chi connectivity index (χ4v) is 4.76. The second-order valence-corrected chi connectivity index (χ2v) is 9.11. The van der Waals surface area contributed by atoms with Crippen LogP contribution in [0.25, 0.3) is 6.08 Å². The number of carboxylic acid groups (broad SMARTS) is 1. The smallest absolute Gasteiger partial charge is 0.341 e. The number of hydrogen-bond acceptors (Lipinski definition) is 5. The van der Waals surface area contributed by atoms with E-state index >= 15 is 0 Å². The Morgan fingerprint density at radius 2 is 1.82 bits per heavy atom. The Kier molecular flexibility index (Phi) is 6.97. The lowest BCUT2D eigenvalue weighted by atomic mass is 10.2. The number of amidine groups is 1. The van der Waals surface area contributed by atoms with E-state index in [9.17, 15) is 9.59 Å². The van der Waals surface area contributed by atoms with E-state index in [1.54, 1.807) is 18.2 Å². The van der Waals surface area contributed by atoms with Crippen LogP contribution in [-0.2, 0) is 9.59 Å². The molecule has 10 heteroatoms. The summed E-state index contributed by atoms with van der Waals surface area (Å²) in [7, 11) is 0. The number of halogens is 3. The Morgan fingerprint density at radius 1 is 1.18 bits per heavy atom. The molecule has 3 rings (SSSR count). The first kappa shape index (κ1) is 21.1. The molecule has 2 N–H and O–H groups in total. The number of carbonyl (C=O) groups excluding carboxylic acids is 1. The Labute approximate surface area is 189 Å². The Morgan fingerprint density at radius 3 is 2.43 bits per heavy atom. The number of nitrogens with one attached hydrogen (secondary N) is 1. The summed E-state index contributed by atoms with van der Waals surface area (Å²) in [5.74, 6) is -0.925. The van der Waals surface area contributed by atoms with Gasteiger partial charge < -0.3 is 15.2 Å². The molecule has 28 heavy (non-hydrogen) atoms. The van der Waals surface area contributed by atoms with Crippen LogP contribution < -0.4 is 10.1 Å². The molecule has 0 spiro atoms. The summed E-state index contributed by atoms with van der Waals surface area (Å²) < 4.78 is 7.34. The van der Waals surface area contributed by atoms with Gasteiger partial charge in [-0.3, -0.25) is 4.79 Å². The molecule has 0 aliphatic carbocycles. The lowest BCUT2D eigenvalue weighted by Crippen LogP contribution is -2.19. The van der Waals surface area contributed by atoms with Crippen LogP contribution in [-0.4, -0.2) is 28.8 Å². The van der Waals surface area contributed by atoms with Crippen LogP contribution in [0.3, 0.4) is 0 Å². The second-order valence-electron chi connectivity index (χ2n) is 5.45. The van der Waals surface area contributed by atoms with E-state index < -0.39 is 12.6 Å². The van der Waals surface area contributed by atoms with Crippen LogP contribution >= 0.6 is 59.6 Å². The van der Waals surface area contributed by atoms with Gasteiger partial charge in [0.25, 0.3) is 5.91 Å². The average molecular weight is 591 g/mol. The summed E-state index contributed by atoms with van der Waals surface area (Å²) in [6, 6.07) is 10.9. The van der Waals surface area contributed by atoms with Crippen molar-refractivity contribution in [1.29, 1.82) is 0 Å². The first-order valence-corrected chi connectivity index (χ1v) is 10.9. The molecule has 2 aromatic carbocycles. The molecular formula is C18H11Br3N2O4S. The maximum atomic E-state index is 12.2. The van der Waals surface area contributed by atoms with Crippen molar-refractivity contribution in [1.82, 2.24) is 5.32 Å². The summed E-state index contributed by atoms with van der Waals surface area (Å²) >= 11 is 11.3. The van der Waals surface area contributed by atoms with Gasteiger partial charge in [0.05, 0.1) is 19.5 Å². The van der Waals surface area contributed by atoms with E-state index in [1.807, 2.05) is 24.3 Å². The number of amides is 1. The summed E-state index contributed by atoms with van der Waals surface area (Å²) in [5.41, 5.74) is 1.47. The largest absolute Gasteiger partial charge is 0.480 e. The van der Waals surface area contributed by atoms with Crippen molar-refractivity contribution in [3.63, 3.8) is 0 Å². The molecule has 0 saturated carbocycles. The van der Waals surface area contributed by atoms with E-state index in [0.29, 0.717) is 24.8 Å². The summed E-state index contributed by atoms with van der Waals surface area (Å²) in [6.07, 6.45) is 1.72. The quantitative estimate of drug-likeness (QED) is 0.460. The minimum atomic E-state index is -1.07. The zero-order valence-corrected chi connectivity index (χ0v) is 19.5. The fraction of sp³-hybridized carbons (Fsp3) is 0.0556. The number of aliphatic imine (C=N–C) groups is 1. The lowest BCUT2D eigenvalue weighted by molar-refractivity contribution is -0.139. The van der Waals surface area contributed by atoms with Gasteiger partial charge in [0.1, 0.15) is 5.75 Å². The monoisotopic (exact) mass is 588 g/mol. The maximum Gasteiger partial charge on any atom is 0.341 e. The van der Waals surface area contributed by atoms with E-state index in [2.05, 4.69) is 58.1 Å². The van der Waals surface area contributed by atoms with Crippen molar-refractivity contribution in [2.45, 2.75) is 0 Å². The number of ether oxygens (including phenoxy) is 1. The predicted molar refractivity (Wildman–Crippen MR) is 120 cm³/mol. The summed E-state index contributed by atoms with van der Waals surface area (Å²) in [5, 5.41) is 12.0. The molecule has 1 aliphatic rings. The molecule has 1 amide bonds. The SMILES string of the molecule is O=C(O)COc1c(Br)cc(/C=C2/SC(=Nc3ccc(Br)cc3)NC2=O)cc1Br. The molecule has 0 atom stereocenters. The van der Waals surface area contributed by atoms with E-state index in [-0.39, 0.29) is 5.91 Å².